The molecule has 1 heterocycles. The van der Waals surface area contributed by atoms with Crippen molar-refractivity contribution in [1.82, 2.24) is 10.9 Å². The third-order valence-corrected chi connectivity index (χ3v) is 0.930. The van der Waals surface area contributed by atoms with Crippen molar-refractivity contribution < 1.29 is 0 Å². The number of nitrogens with one attached hydrogen (secondary N) is 2. The van der Waals surface area contributed by atoms with E-state index in [0.717, 1.165) is 5.70 Å². The van der Waals surface area contributed by atoms with Crippen LogP contribution in [0.5, 0.6) is 0 Å². The lowest BCUT2D eigenvalue weighted by molar-refractivity contribution is 0.701. The molecule has 0 aromatic heterocycles. The van der Waals surface area contributed by atoms with Crippen LogP contribution in [0.25, 0.3) is 0 Å². The van der Waals surface area contributed by atoms with E-state index in [9.17, 15) is 0 Å². The van der Waals surface area contributed by atoms with Crippen molar-refractivity contribution in [1.29, 1.82) is 0 Å². The van der Waals surface area contributed by atoms with Crippen LogP contribution in [0.15, 0.2) is 24.0 Å². The lowest BCUT2D eigenvalue weighted by atomic mass is 10.4. The number of hydrogen-bond donors (Lipinski definition) is 3. The Labute approximate surface area is 48.2 Å². The van der Waals surface area contributed by atoms with Crippen LogP contribution in [0, 0.1) is 0 Å². The fourth-order valence-electron chi connectivity index (χ4n) is 0.507. The normalized spacial score (nSPS) is 16.4. The first-order valence-electron chi connectivity index (χ1n) is 2.51. The molecule has 3 heteroatoms. The molecule has 44 valence electrons. The summed E-state index contributed by atoms with van der Waals surface area (Å²) in [6.45, 7) is 0.553. The molecule has 0 atom stereocenters. The highest BCUT2D eigenvalue weighted by atomic mass is 15.4. The molecule has 0 aromatic rings. The minimum atomic E-state index is 0.553. The Kier molecular flexibility index (Phi) is 1.54. The van der Waals surface area contributed by atoms with Gasteiger partial charge in [-0.1, -0.05) is 0 Å². The number of nitrogens with two attached hydrogens (primary N) is 1. The Morgan fingerprint density at radius 3 is 2.88 bits per heavy atom. The molecule has 3 nitrogen and oxygen atoms in total. The van der Waals surface area contributed by atoms with Gasteiger partial charge < -0.3 is 16.6 Å². The zero-order valence-electron chi connectivity index (χ0n) is 4.52. The minimum absolute atomic E-state index is 0.553. The number of rotatable bonds is 1. The third kappa shape index (κ3) is 1.01. The Morgan fingerprint density at radius 1 is 1.62 bits per heavy atom. The van der Waals surface area contributed by atoms with E-state index in [0.29, 0.717) is 6.54 Å². The van der Waals surface area contributed by atoms with E-state index in [-0.39, 0.29) is 0 Å². The highest BCUT2D eigenvalue weighted by Gasteiger charge is 1.90. The van der Waals surface area contributed by atoms with Crippen molar-refractivity contribution in [3.8, 4) is 0 Å². The third-order valence-electron chi connectivity index (χ3n) is 0.930. The van der Waals surface area contributed by atoms with E-state index in [1.807, 2.05) is 12.2 Å². The van der Waals surface area contributed by atoms with Crippen molar-refractivity contribution in [3.05, 3.63) is 24.0 Å². The maximum atomic E-state index is 5.30. The quantitative estimate of drug-likeness (QED) is 0.425. The summed E-state index contributed by atoms with van der Waals surface area (Å²) in [4.78, 5) is 0. The molecule has 8 heavy (non-hydrogen) atoms. The lowest BCUT2D eigenvalue weighted by Crippen LogP contribution is -2.31. The number of allylic oxidation sites excluding steroid dienone is 2. The van der Waals surface area contributed by atoms with Crippen molar-refractivity contribution in [2.75, 3.05) is 6.54 Å². The highest BCUT2D eigenvalue weighted by Crippen LogP contribution is 1.87. The van der Waals surface area contributed by atoms with E-state index in [4.69, 9.17) is 5.73 Å². The van der Waals surface area contributed by atoms with Crippen LogP contribution in [0.2, 0.25) is 0 Å². The molecule has 0 unspecified atom stereocenters. The van der Waals surface area contributed by atoms with E-state index in [1.165, 1.54) is 0 Å². The standard InChI is InChI=1S/C5H9N3/c6-4-5-2-1-3-7-8-5/h1-3,7-8H,4,6H2. The van der Waals surface area contributed by atoms with Gasteiger partial charge in [-0.15, -0.1) is 0 Å². The SMILES string of the molecule is NCC1=CC=CNN1. The average molecular weight is 111 g/mol. The zero-order chi connectivity index (χ0) is 5.82. The van der Waals surface area contributed by atoms with Gasteiger partial charge in [0.1, 0.15) is 0 Å². The van der Waals surface area contributed by atoms with Gasteiger partial charge in [-0.25, -0.2) is 0 Å². The topological polar surface area (TPSA) is 50.1 Å². The minimum Gasteiger partial charge on any atom is -0.325 e. The zero-order valence-corrected chi connectivity index (χ0v) is 4.52. The van der Waals surface area contributed by atoms with Gasteiger partial charge in [-0.2, -0.15) is 0 Å². The van der Waals surface area contributed by atoms with Gasteiger partial charge in [0.05, 0.1) is 0 Å². The summed E-state index contributed by atoms with van der Waals surface area (Å²) in [5, 5.41) is 0. The fourth-order valence-corrected chi connectivity index (χ4v) is 0.507. The van der Waals surface area contributed by atoms with Gasteiger partial charge in [0, 0.05) is 18.4 Å². The molecular weight excluding hydrogens is 102 g/mol. The molecule has 0 bridgehead atoms. The summed E-state index contributed by atoms with van der Waals surface area (Å²) in [5.74, 6) is 0. The molecule has 0 saturated carbocycles. The molecular formula is C5H9N3. The first-order chi connectivity index (χ1) is 3.93. The first-order valence-corrected chi connectivity index (χ1v) is 2.51. The first kappa shape index (κ1) is 5.18. The summed E-state index contributed by atoms with van der Waals surface area (Å²) >= 11 is 0. The van der Waals surface area contributed by atoms with E-state index < -0.39 is 0 Å². The molecule has 0 amide bonds. The molecule has 1 aliphatic rings. The van der Waals surface area contributed by atoms with Gasteiger partial charge in [0.25, 0.3) is 0 Å². The van der Waals surface area contributed by atoms with Gasteiger partial charge in [0.15, 0.2) is 0 Å². The predicted octanol–water partition coefficient (Wildman–Crippen LogP) is -0.550. The van der Waals surface area contributed by atoms with E-state index in [2.05, 4.69) is 10.9 Å². The molecule has 0 spiro atoms. The van der Waals surface area contributed by atoms with Crippen molar-refractivity contribution >= 4 is 0 Å². The second-order valence-corrected chi connectivity index (χ2v) is 1.52. The summed E-state index contributed by atoms with van der Waals surface area (Å²) in [6.07, 6.45) is 5.63. The molecule has 0 aliphatic carbocycles. The molecule has 0 saturated heterocycles. The van der Waals surface area contributed by atoms with Crippen LogP contribution in [0.3, 0.4) is 0 Å². The smallest absolute Gasteiger partial charge is 0.0450 e. The Hall–Kier alpha value is -0.960. The second-order valence-electron chi connectivity index (χ2n) is 1.52. The molecule has 1 aliphatic heterocycles. The highest BCUT2D eigenvalue weighted by molar-refractivity contribution is 5.14. The summed E-state index contributed by atoms with van der Waals surface area (Å²) in [7, 11) is 0. The molecule has 0 fully saturated rings. The maximum Gasteiger partial charge on any atom is 0.0450 e. The van der Waals surface area contributed by atoms with Gasteiger partial charge in [0.2, 0.25) is 0 Å². The van der Waals surface area contributed by atoms with Crippen molar-refractivity contribution in [2.45, 2.75) is 0 Å². The molecule has 1 rings (SSSR count). The number of hydrazine groups is 1. The van der Waals surface area contributed by atoms with E-state index >= 15 is 0 Å². The Bertz CT molecular complexity index is 126. The average Bonchev–Trinajstić information content (AvgIpc) is 1.90. The van der Waals surface area contributed by atoms with Crippen LogP contribution < -0.4 is 16.6 Å². The summed E-state index contributed by atoms with van der Waals surface area (Å²) in [6, 6.07) is 0. The second kappa shape index (κ2) is 2.37. The van der Waals surface area contributed by atoms with Crippen LogP contribution >= 0.6 is 0 Å². The fraction of sp³-hybridized carbons (Fsp3) is 0.200. The monoisotopic (exact) mass is 111 g/mol. The van der Waals surface area contributed by atoms with Gasteiger partial charge >= 0.3 is 0 Å². The van der Waals surface area contributed by atoms with Crippen LogP contribution in [-0.2, 0) is 0 Å². The predicted molar refractivity (Wildman–Crippen MR) is 32.5 cm³/mol. The summed E-state index contributed by atoms with van der Waals surface area (Å²) in [5.41, 5.74) is 12.0. The number of hydrogen-bond acceptors (Lipinski definition) is 3. The van der Waals surface area contributed by atoms with Gasteiger partial charge in [-0.3, -0.25) is 0 Å². The van der Waals surface area contributed by atoms with Crippen molar-refractivity contribution in [2.24, 2.45) is 5.73 Å². The summed E-state index contributed by atoms with van der Waals surface area (Å²) < 4.78 is 0. The largest absolute Gasteiger partial charge is 0.325 e. The lowest BCUT2D eigenvalue weighted by Gasteiger charge is -2.10. The molecule has 0 radical (unpaired) electrons. The molecule has 4 N–H and O–H groups in total. The van der Waals surface area contributed by atoms with Crippen molar-refractivity contribution in [3.63, 3.8) is 0 Å². The Morgan fingerprint density at radius 2 is 2.50 bits per heavy atom. The van der Waals surface area contributed by atoms with Crippen LogP contribution in [0.1, 0.15) is 0 Å². The van der Waals surface area contributed by atoms with E-state index in [1.54, 1.807) is 6.20 Å². The molecule has 0 aromatic carbocycles. The Balaban J connectivity index is 2.50. The maximum absolute atomic E-state index is 5.30. The van der Waals surface area contributed by atoms with Gasteiger partial charge in [-0.05, 0) is 12.2 Å². The van der Waals surface area contributed by atoms with Crippen LogP contribution in [-0.4, -0.2) is 6.54 Å². The van der Waals surface area contributed by atoms with Crippen LogP contribution in [0.4, 0.5) is 0 Å².